The highest BCUT2D eigenvalue weighted by Crippen LogP contribution is 2.54. The highest BCUT2D eigenvalue weighted by molar-refractivity contribution is 8.00. The lowest BCUT2D eigenvalue weighted by atomic mass is 9.82. The first-order valence-corrected chi connectivity index (χ1v) is 14.1. The normalized spacial score (nSPS) is 22.8. The van der Waals surface area contributed by atoms with Crippen LogP contribution in [0, 0.1) is 5.92 Å². The van der Waals surface area contributed by atoms with Crippen LogP contribution in [-0.2, 0) is 19.1 Å². The topological polar surface area (TPSA) is 109 Å². The largest absolute Gasteiger partial charge is 0.483 e. The van der Waals surface area contributed by atoms with Crippen LogP contribution >= 0.6 is 34.7 Å². The second-order valence-corrected chi connectivity index (χ2v) is 11.7. The van der Waals surface area contributed by atoms with Crippen molar-refractivity contribution in [2.24, 2.45) is 5.92 Å². The Labute approximate surface area is 230 Å². The van der Waals surface area contributed by atoms with Crippen LogP contribution in [0.4, 0.5) is 5.69 Å². The van der Waals surface area contributed by atoms with Gasteiger partial charge >= 0.3 is 4.87 Å². The minimum atomic E-state index is -0.789. The predicted octanol–water partition coefficient (Wildman–Crippen LogP) is 3.12. The SMILES string of the molecule is O=C(COc1ccc(Cl)cc1[C@H]1c2sc(=O)[nH]c2SC2C(=O)N(c3ccccc3)C(=O)C21)N1CCOCC1. The van der Waals surface area contributed by atoms with E-state index in [-0.39, 0.29) is 29.2 Å². The van der Waals surface area contributed by atoms with E-state index in [2.05, 4.69) is 4.98 Å². The van der Waals surface area contributed by atoms with Crippen molar-refractivity contribution in [2.45, 2.75) is 16.2 Å². The summed E-state index contributed by atoms with van der Waals surface area (Å²) in [5, 5.41) is 0.215. The van der Waals surface area contributed by atoms with Gasteiger partial charge in [-0.25, -0.2) is 4.90 Å². The third-order valence-corrected chi connectivity index (χ3v) is 9.50. The number of aromatic nitrogens is 1. The first-order chi connectivity index (χ1) is 18.4. The number of nitrogens with one attached hydrogen (secondary N) is 1. The molecular formula is C26H22ClN3O6S2. The van der Waals surface area contributed by atoms with Crippen LogP contribution in [0.3, 0.4) is 0 Å². The monoisotopic (exact) mass is 571 g/mol. The molecule has 38 heavy (non-hydrogen) atoms. The summed E-state index contributed by atoms with van der Waals surface area (Å²) in [4.78, 5) is 58.7. The Morgan fingerprint density at radius 1 is 1.08 bits per heavy atom. The van der Waals surface area contributed by atoms with E-state index in [1.54, 1.807) is 47.4 Å². The molecule has 0 saturated carbocycles. The summed E-state index contributed by atoms with van der Waals surface area (Å²) in [6.07, 6.45) is 0. The number of H-pyrrole nitrogens is 1. The average Bonchev–Trinajstić information content (AvgIpc) is 3.42. The molecule has 2 aromatic carbocycles. The number of rotatable bonds is 5. The van der Waals surface area contributed by atoms with E-state index in [0.29, 0.717) is 58.2 Å². The Kier molecular flexibility index (Phi) is 6.77. The van der Waals surface area contributed by atoms with E-state index in [4.69, 9.17) is 21.1 Å². The summed E-state index contributed by atoms with van der Waals surface area (Å²) in [5.41, 5.74) is 1.04. The van der Waals surface area contributed by atoms with Gasteiger partial charge in [-0.3, -0.25) is 19.2 Å². The third-order valence-electron chi connectivity index (χ3n) is 6.86. The van der Waals surface area contributed by atoms with Gasteiger partial charge < -0.3 is 19.4 Å². The molecule has 2 fully saturated rings. The van der Waals surface area contributed by atoms with Gasteiger partial charge in [0, 0.05) is 34.5 Å². The van der Waals surface area contributed by atoms with Crippen LogP contribution in [0.2, 0.25) is 5.02 Å². The smallest absolute Gasteiger partial charge is 0.305 e. The van der Waals surface area contributed by atoms with Gasteiger partial charge in [0.2, 0.25) is 11.8 Å². The van der Waals surface area contributed by atoms with Crippen LogP contribution < -0.4 is 14.5 Å². The number of nitrogens with zero attached hydrogens (tertiary/aromatic N) is 2. The molecule has 2 unspecified atom stereocenters. The molecule has 1 aromatic heterocycles. The predicted molar refractivity (Wildman–Crippen MR) is 143 cm³/mol. The zero-order valence-corrected chi connectivity index (χ0v) is 22.3. The number of ether oxygens (including phenoxy) is 2. The zero-order chi connectivity index (χ0) is 26.4. The van der Waals surface area contributed by atoms with Crippen LogP contribution in [-0.4, -0.2) is 65.8 Å². The van der Waals surface area contributed by atoms with Gasteiger partial charge in [0.1, 0.15) is 11.0 Å². The van der Waals surface area contributed by atoms with Gasteiger partial charge in [0.15, 0.2) is 6.61 Å². The second-order valence-electron chi connectivity index (χ2n) is 9.06. The van der Waals surface area contributed by atoms with Gasteiger partial charge in [0.05, 0.1) is 29.8 Å². The lowest BCUT2D eigenvalue weighted by Gasteiger charge is -2.31. The fourth-order valence-corrected chi connectivity index (χ4v) is 7.81. The lowest BCUT2D eigenvalue weighted by Crippen LogP contribution is -2.43. The fraction of sp³-hybridized carbons (Fsp3) is 0.308. The highest BCUT2D eigenvalue weighted by atomic mass is 35.5. The summed E-state index contributed by atoms with van der Waals surface area (Å²) in [6, 6.07) is 13.8. The average molecular weight is 572 g/mol. The fourth-order valence-electron chi connectivity index (χ4n) is 5.12. The van der Waals surface area contributed by atoms with Crippen molar-refractivity contribution in [3.8, 4) is 5.75 Å². The van der Waals surface area contributed by atoms with Crippen molar-refractivity contribution in [1.29, 1.82) is 0 Å². The number of amides is 3. The number of benzene rings is 2. The van der Waals surface area contributed by atoms with E-state index in [0.717, 1.165) is 11.3 Å². The Morgan fingerprint density at radius 3 is 2.61 bits per heavy atom. The second kappa shape index (κ2) is 10.2. The molecule has 3 aliphatic rings. The van der Waals surface area contributed by atoms with Crippen molar-refractivity contribution in [3.63, 3.8) is 0 Å². The Morgan fingerprint density at radius 2 is 1.84 bits per heavy atom. The van der Waals surface area contributed by atoms with Crippen LogP contribution in [0.1, 0.15) is 16.4 Å². The van der Waals surface area contributed by atoms with Gasteiger partial charge in [0.25, 0.3) is 5.91 Å². The Balaban J connectivity index is 1.39. The lowest BCUT2D eigenvalue weighted by molar-refractivity contribution is -0.137. The molecule has 3 aromatic rings. The van der Waals surface area contributed by atoms with Crippen molar-refractivity contribution in [1.82, 2.24) is 9.88 Å². The molecule has 6 rings (SSSR count). The molecule has 4 heterocycles. The van der Waals surface area contributed by atoms with Gasteiger partial charge in [-0.05, 0) is 30.3 Å². The summed E-state index contributed by atoms with van der Waals surface area (Å²) in [5.74, 6) is -1.96. The quantitative estimate of drug-likeness (QED) is 0.469. The van der Waals surface area contributed by atoms with E-state index in [1.165, 1.54) is 16.7 Å². The number of morpholine rings is 1. The number of aromatic amines is 1. The maximum atomic E-state index is 13.9. The van der Waals surface area contributed by atoms with Crippen LogP contribution in [0.25, 0.3) is 0 Å². The van der Waals surface area contributed by atoms with Gasteiger partial charge in [-0.15, -0.1) is 0 Å². The standard InChI is InChI=1S/C26H22ClN3O6S2/c27-14-6-7-17(36-13-18(31)29-8-10-35-11-9-29)16(12-14)19-20-22(37-23-21(19)38-26(34)28-23)25(33)30(24(20)32)15-4-2-1-3-5-15/h1-7,12,19-20,22H,8-11,13H2,(H,28,34)/t19-,20?,22?/m1/s1. The van der Waals surface area contributed by atoms with Crippen LogP contribution in [0.15, 0.2) is 58.4 Å². The summed E-state index contributed by atoms with van der Waals surface area (Å²) < 4.78 is 11.3. The number of carbonyl (C=O) groups is 3. The number of thiazole rings is 1. The Bertz CT molecular complexity index is 1470. The van der Waals surface area contributed by atoms with Crippen molar-refractivity contribution in [3.05, 3.63) is 73.7 Å². The van der Waals surface area contributed by atoms with Crippen LogP contribution in [0.5, 0.6) is 5.75 Å². The van der Waals surface area contributed by atoms with Crippen molar-refractivity contribution >= 4 is 58.1 Å². The molecule has 3 atom stereocenters. The number of hydrogen-bond donors (Lipinski definition) is 1. The van der Waals surface area contributed by atoms with Gasteiger partial charge in [-0.1, -0.05) is 52.9 Å². The van der Waals surface area contributed by atoms with E-state index < -0.39 is 17.1 Å². The molecule has 0 spiro atoms. The zero-order valence-electron chi connectivity index (χ0n) is 19.9. The highest BCUT2D eigenvalue weighted by Gasteiger charge is 2.56. The molecule has 9 nitrogen and oxygen atoms in total. The molecule has 3 aliphatic heterocycles. The first-order valence-electron chi connectivity index (χ1n) is 12.0. The molecule has 0 aliphatic carbocycles. The minimum absolute atomic E-state index is 0.180. The maximum absolute atomic E-state index is 13.9. The number of para-hydroxylation sites is 1. The number of imide groups is 1. The molecule has 12 heteroatoms. The molecule has 0 radical (unpaired) electrons. The number of hydrogen-bond acceptors (Lipinski definition) is 8. The number of fused-ring (bicyclic) bond motifs is 2. The van der Waals surface area contributed by atoms with Gasteiger partial charge in [-0.2, -0.15) is 0 Å². The number of halogens is 1. The molecule has 196 valence electrons. The summed E-state index contributed by atoms with van der Waals surface area (Å²) in [7, 11) is 0. The molecular weight excluding hydrogens is 550 g/mol. The van der Waals surface area contributed by atoms with E-state index in [1.807, 2.05) is 6.07 Å². The Hall–Kier alpha value is -3.12. The number of thioether (sulfide) groups is 1. The van der Waals surface area contributed by atoms with E-state index in [9.17, 15) is 19.2 Å². The molecule has 1 N–H and O–H groups in total. The summed E-state index contributed by atoms with van der Waals surface area (Å²) in [6.45, 7) is 1.73. The molecule has 2 saturated heterocycles. The van der Waals surface area contributed by atoms with E-state index >= 15 is 0 Å². The summed E-state index contributed by atoms with van der Waals surface area (Å²) >= 11 is 8.61. The van der Waals surface area contributed by atoms with Crippen molar-refractivity contribution in [2.75, 3.05) is 37.8 Å². The molecule has 0 bridgehead atoms. The number of anilines is 1. The van der Waals surface area contributed by atoms with Crippen molar-refractivity contribution < 1.29 is 23.9 Å². The first kappa shape index (κ1) is 25.2. The molecule has 3 amide bonds. The minimum Gasteiger partial charge on any atom is -0.483 e. The third kappa shape index (κ3) is 4.43. The number of carbonyl (C=O) groups excluding carboxylic acids is 3. The maximum Gasteiger partial charge on any atom is 0.305 e.